The number of aromatic nitrogens is 1. The minimum absolute atomic E-state index is 0.0287. The molecule has 1 atom stereocenters. The molecule has 0 radical (unpaired) electrons. The third-order valence-corrected chi connectivity index (χ3v) is 3.01. The summed E-state index contributed by atoms with van der Waals surface area (Å²) in [6, 6.07) is 5.48. The van der Waals surface area contributed by atoms with Crippen LogP contribution in [-0.2, 0) is 0 Å². The predicted molar refractivity (Wildman–Crippen MR) is 60.2 cm³/mol. The number of carbonyl (C=O) groups is 1. The summed E-state index contributed by atoms with van der Waals surface area (Å²) in [6.45, 7) is 1.39. The number of carbonyl (C=O) groups excluding carboxylic acids is 1. The minimum Gasteiger partial charge on any atom is -0.395 e. The molecule has 0 aromatic carbocycles. The van der Waals surface area contributed by atoms with E-state index in [1.54, 1.807) is 18.3 Å². The Labute approximate surface area is 94.9 Å². The Kier molecular flexibility index (Phi) is 3.64. The lowest BCUT2D eigenvalue weighted by molar-refractivity contribution is 0.0883. The fourth-order valence-corrected chi connectivity index (χ4v) is 2.10. The second kappa shape index (κ2) is 5.18. The van der Waals surface area contributed by atoms with Crippen LogP contribution in [0.25, 0.3) is 0 Å². The molecule has 1 aliphatic rings. The van der Waals surface area contributed by atoms with E-state index >= 15 is 0 Å². The molecule has 0 aliphatic carbocycles. The monoisotopic (exact) mass is 220 g/mol. The van der Waals surface area contributed by atoms with E-state index < -0.39 is 0 Å². The molecule has 4 nitrogen and oxygen atoms in total. The summed E-state index contributed by atoms with van der Waals surface area (Å²) >= 11 is 0. The lowest BCUT2D eigenvalue weighted by Crippen LogP contribution is -2.36. The topological polar surface area (TPSA) is 53.4 Å². The van der Waals surface area contributed by atoms with Crippen LogP contribution < -0.4 is 0 Å². The van der Waals surface area contributed by atoms with Gasteiger partial charge in [-0.05, 0) is 31.5 Å². The Balaban J connectivity index is 1.97. The fourth-order valence-electron chi connectivity index (χ4n) is 2.10. The average molecular weight is 220 g/mol. The Bertz CT molecular complexity index is 353. The van der Waals surface area contributed by atoms with Crippen LogP contribution in [0.15, 0.2) is 24.4 Å². The summed E-state index contributed by atoms with van der Waals surface area (Å²) in [4.78, 5) is 17.9. The zero-order valence-corrected chi connectivity index (χ0v) is 9.17. The van der Waals surface area contributed by atoms with Crippen molar-refractivity contribution in [2.75, 3.05) is 19.7 Å². The third kappa shape index (κ3) is 2.46. The highest BCUT2D eigenvalue weighted by atomic mass is 16.3. The lowest BCUT2D eigenvalue weighted by atomic mass is 10.2. The zero-order chi connectivity index (χ0) is 11.4. The molecule has 2 heterocycles. The highest BCUT2D eigenvalue weighted by molar-refractivity contribution is 5.95. The zero-order valence-electron chi connectivity index (χ0n) is 9.17. The number of Topliss-reactive ketones (excluding diaryl/α,β-unsaturated/α-hetero) is 1. The maximum atomic E-state index is 11.9. The average Bonchev–Trinajstić information content (AvgIpc) is 2.77. The van der Waals surface area contributed by atoms with Crippen LogP contribution in [0.3, 0.4) is 0 Å². The highest BCUT2D eigenvalue weighted by Gasteiger charge is 2.25. The molecule has 0 unspecified atom stereocenters. The molecular formula is C12H16N2O2. The maximum absolute atomic E-state index is 11.9. The molecule has 1 N–H and O–H groups in total. The van der Waals surface area contributed by atoms with Gasteiger partial charge in [-0.1, -0.05) is 6.07 Å². The van der Waals surface area contributed by atoms with Crippen molar-refractivity contribution < 1.29 is 9.90 Å². The quantitative estimate of drug-likeness (QED) is 0.760. The number of pyridine rings is 1. The Morgan fingerprint density at radius 1 is 1.56 bits per heavy atom. The molecule has 1 aromatic rings. The van der Waals surface area contributed by atoms with Crippen LogP contribution in [0, 0.1) is 0 Å². The third-order valence-electron chi connectivity index (χ3n) is 3.01. The smallest absolute Gasteiger partial charge is 0.195 e. The van der Waals surface area contributed by atoms with Gasteiger partial charge in [0.1, 0.15) is 5.69 Å². The van der Waals surface area contributed by atoms with Crippen LogP contribution in [-0.4, -0.2) is 46.5 Å². The number of nitrogens with zero attached hydrogens (tertiary/aromatic N) is 2. The van der Waals surface area contributed by atoms with E-state index in [-0.39, 0.29) is 18.4 Å². The first-order valence-corrected chi connectivity index (χ1v) is 5.60. The predicted octanol–water partition coefficient (Wildman–Crippen LogP) is 0.721. The number of likely N-dealkylation sites (tertiary alicyclic amines) is 1. The number of aliphatic hydroxyl groups is 1. The first-order chi connectivity index (χ1) is 7.81. The van der Waals surface area contributed by atoms with Gasteiger partial charge in [0.05, 0.1) is 13.2 Å². The number of ketones is 1. The second-order valence-corrected chi connectivity index (χ2v) is 4.09. The Morgan fingerprint density at radius 3 is 3.12 bits per heavy atom. The molecule has 0 amide bonds. The number of hydrogen-bond acceptors (Lipinski definition) is 4. The van der Waals surface area contributed by atoms with Crippen molar-refractivity contribution in [1.29, 1.82) is 0 Å². The first-order valence-electron chi connectivity index (χ1n) is 5.60. The molecule has 4 heteroatoms. The van der Waals surface area contributed by atoms with Gasteiger partial charge in [-0.3, -0.25) is 14.7 Å². The molecule has 1 aliphatic heterocycles. The molecule has 2 rings (SSSR count). The first kappa shape index (κ1) is 11.2. The Morgan fingerprint density at radius 2 is 2.44 bits per heavy atom. The van der Waals surface area contributed by atoms with Crippen LogP contribution in [0.4, 0.5) is 0 Å². The van der Waals surface area contributed by atoms with Crippen LogP contribution in [0.2, 0.25) is 0 Å². The lowest BCUT2D eigenvalue weighted by Gasteiger charge is -2.21. The van der Waals surface area contributed by atoms with E-state index in [0.717, 1.165) is 19.4 Å². The van der Waals surface area contributed by atoms with E-state index in [4.69, 9.17) is 5.11 Å². The van der Waals surface area contributed by atoms with Gasteiger partial charge in [0.25, 0.3) is 0 Å². The largest absolute Gasteiger partial charge is 0.395 e. The van der Waals surface area contributed by atoms with Gasteiger partial charge < -0.3 is 5.11 Å². The van der Waals surface area contributed by atoms with Crippen molar-refractivity contribution in [3.63, 3.8) is 0 Å². The summed E-state index contributed by atoms with van der Waals surface area (Å²) in [5.41, 5.74) is 0.506. The van der Waals surface area contributed by atoms with Gasteiger partial charge in [0.15, 0.2) is 5.78 Å². The molecule has 0 spiro atoms. The molecule has 16 heavy (non-hydrogen) atoms. The van der Waals surface area contributed by atoms with Crippen molar-refractivity contribution in [1.82, 2.24) is 9.88 Å². The van der Waals surface area contributed by atoms with Crippen LogP contribution in [0.5, 0.6) is 0 Å². The number of hydrogen-bond donors (Lipinski definition) is 1. The van der Waals surface area contributed by atoms with E-state index in [1.165, 1.54) is 0 Å². The van der Waals surface area contributed by atoms with Crippen molar-refractivity contribution >= 4 is 5.78 Å². The van der Waals surface area contributed by atoms with E-state index in [9.17, 15) is 4.79 Å². The minimum atomic E-state index is 0.0287. The van der Waals surface area contributed by atoms with Crippen molar-refractivity contribution in [3.05, 3.63) is 30.1 Å². The molecule has 0 bridgehead atoms. The summed E-state index contributed by atoms with van der Waals surface area (Å²) in [5, 5.41) is 9.15. The van der Waals surface area contributed by atoms with Gasteiger partial charge in [0, 0.05) is 12.2 Å². The molecule has 1 saturated heterocycles. The van der Waals surface area contributed by atoms with Gasteiger partial charge in [-0.15, -0.1) is 0 Å². The second-order valence-electron chi connectivity index (χ2n) is 4.09. The van der Waals surface area contributed by atoms with Crippen molar-refractivity contribution in [3.8, 4) is 0 Å². The van der Waals surface area contributed by atoms with E-state index in [2.05, 4.69) is 4.98 Å². The van der Waals surface area contributed by atoms with Gasteiger partial charge in [-0.25, -0.2) is 0 Å². The molecule has 1 aromatic heterocycles. The number of aliphatic hydroxyl groups excluding tert-OH is 1. The van der Waals surface area contributed by atoms with Crippen molar-refractivity contribution in [2.24, 2.45) is 0 Å². The normalized spacial score (nSPS) is 21.2. The van der Waals surface area contributed by atoms with Gasteiger partial charge in [-0.2, -0.15) is 0 Å². The van der Waals surface area contributed by atoms with Crippen molar-refractivity contribution in [2.45, 2.75) is 18.9 Å². The SMILES string of the molecule is O=C(CN1CCC[C@H]1CO)c1ccccn1. The van der Waals surface area contributed by atoms with Crippen LogP contribution in [0.1, 0.15) is 23.3 Å². The summed E-state index contributed by atoms with van der Waals surface area (Å²) < 4.78 is 0. The van der Waals surface area contributed by atoms with Gasteiger partial charge in [0.2, 0.25) is 0 Å². The fraction of sp³-hybridized carbons (Fsp3) is 0.500. The van der Waals surface area contributed by atoms with Gasteiger partial charge >= 0.3 is 0 Å². The van der Waals surface area contributed by atoms with Crippen LogP contribution >= 0.6 is 0 Å². The molecule has 86 valence electrons. The van der Waals surface area contributed by atoms with E-state index in [1.807, 2.05) is 11.0 Å². The maximum Gasteiger partial charge on any atom is 0.195 e. The Hall–Kier alpha value is -1.26. The van der Waals surface area contributed by atoms with E-state index in [0.29, 0.717) is 12.2 Å². The standard InChI is InChI=1S/C12H16N2O2/c15-9-10-4-3-7-14(10)8-12(16)11-5-1-2-6-13-11/h1-2,5-6,10,15H,3-4,7-9H2/t10-/m0/s1. The highest BCUT2D eigenvalue weighted by Crippen LogP contribution is 2.16. The summed E-state index contributed by atoms with van der Waals surface area (Å²) in [5.74, 6) is 0.0287. The number of rotatable bonds is 4. The molecular weight excluding hydrogens is 204 g/mol. The summed E-state index contributed by atoms with van der Waals surface area (Å²) in [6.07, 6.45) is 3.66. The summed E-state index contributed by atoms with van der Waals surface area (Å²) in [7, 11) is 0. The molecule has 0 saturated carbocycles. The molecule has 1 fully saturated rings.